The standard InChI is InChI=1S/C25H20BrClN2O2/c1-2-31-22-11-9-21(10-12-22)29-25(30)20(16-28)13-17-7-8-18(23(26)14-17)15-19-5-3-4-6-24(19)27/h3-14H,2,15H2,1H3,(H,29,30)/b20-13+. The molecule has 0 spiro atoms. The third-order valence-corrected chi connectivity index (χ3v) is 5.62. The van der Waals surface area contributed by atoms with E-state index < -0.39 is 5.91 Å². The Morgan fingerprint density at radius 3 is 2.52 bits per heavy atom. The van der Waals surface area contributed by atoms with E-state index in [0.717, 1.165) is 31.9 Å². The van der Waals surface area contributed by atoms with Gasteiger partial charge in [0.15, 0.2) is 0 Å². The number of benzene rings is 3. The Morgan fingerprint density at radius 2 is 1.87 bits per heavy atom. The van der Waals surface area contributed by atoms with Crippen molar-refractivity contribution < 1.29 is 9.53 Å². The second-order valence-corrected chi connectivity index (χ2v) is 7.96. The molecule has 1 N–H and O–H groups in total. The summed E-state index contributed by atoms with van der Waals surface area (Å²) in [5.41, 5.74) is 3.43. The number of halogens is 2. The van der Waals surface area contributed by atoms with Gasteiger partial charge < -0.3 is 10.1 Å². The number of carbonyl (C=O) groups excluding carboxylic acids is 1. The molecule has 0 aromatic heterocycles. The molecule has 0 radical (unpaired) electrons. The molecule has 0 heterocycles. The highest BCUT2D eigenvalue weighted by molar-refractivity contribution is 9.10. The number of nitrogens with zero attached hydrogens (tertiary/aromatic N) is 1. The van der Waals surface area contributed by atoms with Gasteiger partial charge in [0.25, 0.3) is 5.91 Å². The zero-order chi connectivity index (χ0) is 22.2. The van der Waals surface area contributed by atoms with Gasteiger partial charge in [-0.25, -0.2) is 0 Å². The van der Waals surface area contributed by atoms with Crippen LogP contribution in [0.15, 0.2) is 76.8 Å². The van der Waals surface area contributed by atoms with Gasteiger partial charge in [0.2, 0.25) is 0 Å². The van der Waals surface area contributed by atoms with Crippen LogP contribution in [0.3, 0.4) is 0 Å². The molecule has 0 saturated heterocycles. The van der Waals surface area contributed by atoms with Gasteiger partial charge in [-0.3, -0.25) is 4.79 Å². The summed E-state index contributed by atoms with van der Waals surface area (Å²) in [4.78, 5) is 12.5. The summed E-state index contributed by atoms with van der Waals surface area (Å²) in [7, 11) is 0. The highest BCUT2D eigenvalue weighted by atomic mass is 79.9. The predicted molar refractivity (Wildman–Crippen MR) is 128 cm³/mol. The lowest BCUT2D eigenvalue weighted by Crippen LogP contribution is -2.13. The highest BCUT2D eigenvalue weighted by Gasteiger charge is 2.11. The molecule has 0 atom stereocenters. The molecular formula is C25H20BrClN2O2. The largest absolute Gasteiger partial charge is 0.494 e. The topological polar surface area (TPSA) is 62.1 Å². The van der Waals surface area contributed by atoms with Crippen LogP contribution >= 0.6 is 27.5 Å². The first-order valence-electron chi connectivity index (χ1n) is 9.68. The summed E-state index contributed by atoms with van der Waals surface area (Å²) in [6.45, 7) is 2.47. The van der Waals surface area contributed by atoms with E-state index in [1.807, 2.05) is 55.5 Å². The average Bonchev–Trinajstić information content (AvgIpc) is 2.76. The number of nitriles is 1. The Morgan fingerprint density at radius 1 is 1.13 bits per heavy atom. The van der Waals surface area contributed by atoms with Crippen LogP contribution < -0.4 is 10.1 Å². The summed E-state index contributed by atoms with van der Waals surface area (Å²) in [6, 6.07) is 22.4. The summed E-state index contributed by atoms with van der Waals surface area (Å²) in [6.07, 6.45) is 2.24. The van der Waals surface area contributed by atoms with Crippen molar-refractivity contribution >= 4 is 45.2 Å². The normalized spacial score (nSPS) is 11.0. The predicted octanol–water partition coefficient (Wildman–Crippen LogP) is 6.64. The molecule has 0 saturated carbocycles. The quantitative estimate of drug-likeness (QED) is 0.295. The first-order valence-corrected chi connectivity index (χ1v) is 10.8. The van der Waals surface area contributed by atoms with Gasteiger partial charge in [0, 0.05) is 21.6 Å². The smallest absolute Gasteiger partial charge is 0.266 e. The summed E-state index contributed by atoms with van der Waals surface area (Å²) >= 11 is 9.84. The molecule has 0 aliphatic rings. The molecule has 0 bridgehead atoms. The lowest BCUT2D eigenvalue weighted by molar-refractivity contribution is -0.112. The number of carbonyl (C=O) groups is 1. The van der Waals surface area contributed by atoms with Crippen molar-refractivity contribution in [2.45, 2.75) is 13.3 Å². The van der Waals surface area contributed by atoms with Crippen molar-refractivity contribution in [3.8, 4) is 11.8 Å². The number of anilines is 1. The monoisotopic (exact) mass is 494 g/mol. The lowest BCUT2D eigenvalue weighted by atomic mass is 10.0. The fourth-order valence-corrected chi connectivity index (χ4v) is 3.70. The lowest BCUT2D eigenvalue weighted by Gasteiger charge is -2.08. The number of rotatable bonds is 7. The molecule has 0 unspecified atom stereocenters. The van der Waals surface area contributed by atoms with E-state index in [9.17, 15) is 10.1 Å². The third kappa shape index (κ3) is 6.21. The van der Waals surface area contributed by atoms with Crippen molar-refractivity contribution in [1.29, 1.82) is 5.26 Å². The van der Waals surface area contributed by atoms with Crippen LogP contribution in [-0.2, 0) is 11.2 Å². The van der Waals surface area contributed by atoms with E-state index >= 15 is 0 Å². The van der Waals surface area contributed by atoms with Crippen LogP contribution in [0.4, 0.5) is 5.69 Å². The van der Waals surface area contributed by atoms with E-state index in [1.54, 1.807) is 30.3 Å². The number of amides is 1. The molecular weight excluding hydrogens is 476 g/mol. The molecule has 0 aliphatic heterocycles. The minimum atomic E-state index is -0.470. The van der Waals surface area contributed by atoms with E-state index in [2.05, 4.69) is 21.2 Å². The van der Waals surface area contributed by atoms with Gasteiger partial charge in [-0.15, -0.1) is 0 Å². The van der Waals surface area contributed by atoms with Crippen molar-refractivity contribution in [3.05, 3.63) is 98.5 Å². The summed E-state index contributed by atoms with van der Waals surface area (Å²) in [5, 5.41) is 12.9. The van der Waals surface area contributed by atoms with Crippen molar-refractivity contribution in [2.75, 3.05) is 11.9 Å². The molecule has 3 rings (SSSR count). The molecule has 3 aromatic carbocycles. The first kappa shape index (κ1) is 22.6. The van der Waals surface area contributed by atoms with Crippen LogP contribution in [0.25, 0.3) is 6.08 Å². The van der Waals surface area contributed by atoms with Gasteiger partial charge in [0.05, 0.1) is 6.61 Å². The van der Waals surface area contributed by atoms with Crippen LogP contribution in [-0.4, -0.2) is 12.5 Å². The second-order valence-electron chi connectivity index (χ2n) is 6.70. The minimum Gasteiger partial charge on any atom is -0.494 e. The Bertz CT molecular complexity index is 1150. The van der Waals surface area contributed by atoms with Crippen LogP contribution in [0.1, 0.15) is 23.6 Å². The second kappa shape index (κ2) is 10.8. The van der Waals surface area contributed by atoms with Gasteiger partial charge in [-0.2, -0.15) is 5.26 Å². The first-order chi connectivity index (χ1) is 15.0. The molecule has 0 aliphatic carbocycles. The number of hydrogen-bond acceptors (Lipinski definition) is 3. The fraction of sp³-hybridized carbons (Fsp3) is 0.120. The average molecular weight is 496 g/mol. The molecule has 31 heavy (non-hydrogen) atoms. The zero-order valence-electron chi connectivity index (χ0n) is 16.9. The van der Waals surface area contributed by atoms with E-state index in [4.69, 9.17) is 16.3 Å². The summed E-state index contributed by atoms with van der Waals surface area (Å²) < 4.78 is 6.27. The van der Waals surface area contributed by atoms with Crippen molar-refractivity contribution in [1.82, 2.24) is 0 Å². The van der Waals surface area contributed by atoms with Gasteiger partial charge in [-0.1, -0.05) is 57.9 Å². The molecule has 156 valence electrons. The molecule has 6 heteroatoms. The number of nitrogens with one attached hydrogen (secondary N) is 1. The van der Waals surface area contributed by atoms with E-state index in [0.29, 0.717) is 18.7 Å². The van der Waals surface area contributed by atoms with Gasteiger partial charge in [0.1, 0.15) is 17.4 Å². The third-order valence-electron chi connectivity index (χ3n) is 4.52. The molecule has 3 aromatic rings. The van der Waals surface area contributed by atoms with E-state index in [1.165, 1.54) is 0 Å². The maximum Gasteiger partial charge on any atom is 0.266 e. The van der Waals surface area contributed by atoms with Crippen LogP contribution in [0.2, 0.25) is 5.02 Å². The van der Waals surface area contributed by atoms with Gasteiger partial charge >= 0.3 is 0 Å². The molecule has 1 amide bonds. The molecule has 4 nitrogen and oxygen atoms in total. The number of ether oxygens (including phenoxy) is 1. The minimum absolute atomic E-state index is 0.0136. The van der Waals surface area contributed by atoms with Crippen molar-refractivity contribution in [2.24, 2.45) is 0 Å². The Labute approximate surface area is 195 Å². The van der Waals surface area contributed by atoms with Crippen LogP contribution in [0.5, 0.6) is 5.75 Å². The SMILES string of the molecule is CCOc1ccc(NC(=O)/C(C#N)=C/c2ccc(Cc3ccccc3Cl)c(Br)c2)cc1. The fourth-order valence-electron chi connectivity index (χ4n) is 2.96. The van der Waals surface area contributed by atoms with Crippen LogP contribution in [0, 0.1) is 11.3 Å². The Balaban J connectivity index is 1.74. The van der Waals surface area contributed by atoms with Gasteiger partial charge in [-0.05, 0) is 66.1 Å². The van der Waals surface area contributed by atoms with Crippen molar-refractivity contribution in [3.63, 3.8) is 0 Å². The molecule has 0 fully saturated rings. The maximum absolute atomic E-state index is 12.5. The Hall–Kier alpha value is -3.07. The highest BCUT2D eigenvalue weighted by Crippen LogP contribution is 2.26. The Kier molecular flexibility index (Phi) is 7.88. The zero-order valence-corrected chi connectivity index (χ0v) is 19.2. The maximum atomic E-state index is 12.5. The number of hydrogen-bond donors (Lipinski definition) is 1. The summed E-state index contributed by atoms with van der Waals surface area (Å²) in [5.74, 6) is 0.251. The van der Waals surface area contributed by atoms with E-state index in [-0.39, 0.29) is 5.57 Å².